The first-order chi connectivity index (χ1) is 9.10. The molecular formula is C13H26N4O2. The quantitative estimate of drug-likeness (QED) is 0.206. The number of esters is 1. The Morgan fingerprint density at radius 3 is 2.63 bits per heavy atom. The molecule has 0 aliphatic rings. The number of carbonyl (C=O) groups excluding carboxylic acids is 1. The molecule has 0 bridgehead atoms. The van der Waals surface area contributed by atoms with Crippen LogP contribution in [0.3, 0.4) is 0 Å². The molecule has 0 heterocycles. The van der Waals surface area contributed by atoms with Crippen molar-refractivity contribution in [2.24, 2.45) is 5.11 Å². The van der Waals surface area contributed by atoms with E-state index in [1.807, 2.05) is 6.92 Å². The van der Waals surface area contributed by atoms with Crippen LogP contribution in [0.5, 0.6) is 0 Å². The lowest BCUT2D eigenvalue weighted by Gasteiger charge is -2.28. The van der Waals surface area contributed by atoms with Crippen LogP contribution in [0, 0.1) is 0 Å². The summed E-state index contributed by atoms with van der Waals surface area (Å²) >= 11 is 0. The monoisotopic (exact) mass is 270 g/mol. The number of hydrogen-bond donors (Lipinski definition) is 1. The van der Waals surface area contributed by atoms with Crippen molar-refractivity contribution in [2.75, 3.05) is 20.2 Å². The molecule has 0 spiro atoms. The van der Waals surface area contributed by atoms with Gasteiger partial charge in [0.2, 0.25) is 0 Å². The predicted molar refractivity (Wildman–Crippen MR) is 75.8 cm³/mol. The van der Waals surface area contributed by atoms with Gasteiger partial charge >= 0.3 is 5.97 Å². The van der Waals surface area contributed by atoms with Crippen molar-refractivity contribution in [1.29, 1.82) is 0 Å². The SMILES string of the molecule is CCCCCCCC(C)(NCCN=[N+]=[N-])C(=O)OC. The topological polar surface area (TPSA) is 87.1 Å². The first-order valence-electron chi connectivity index (χ1n) is 6.95. The second-order valence-electron chi connectivity index (χ2n) is 4.87. The Balaban J connectivity index is 4.18. The summed E-state index contributed by atoms with van der Waals surface area (Å²) in [5.41, 5.74) is 7.53. The second kappa shape index (κ2) is 10.6. The molecule has 0 saturated carbocycles. The maximum absolute atomic E-state index is 11.8. The fourth-order valence-corrected chi connectivity index (χ4v) is 2.00. The highest BCUT2D eigenvalue weighted by Crippen LogP contribution is 2.17. The molecule has 0 aromatic carbocycles. The summed E-state index contributed by atoms with van der Waals surface area (Å²) in [5.74, 6) is -0.260. The van der Waals surface area contributed by atoms with Crippen molar-refractivity contribution in [1.82, 2.24) is 5.32 Å². The average Bonchev–Trinajstić information content (AvgIpc) is 2.42. The van der Waals surface area contributed by atoms with Crippen LogP contribution in [0.15, 0.2) is 5.11 Å². The lowest BCUT2D eigenvalue weighted by molar-refractivity contribution is -0.148. The smallest absolute Gasteiger partial charge is 0.325 e. The van der Waals surface area contributed by atoms with E-state index in [-0.39, 0.29) is 5.97 Å². The molecule has 0 fully saturated rings. The molecular weight excluding hydrogens is 244 g/mol. The van der Waals surface area contributed by atoms with Gasteiger partial charge in [0.25, 0.3) is 0 Å². The Morgan fingerprint density at radius 2 is 2.05 bits per heavy atom. The molecule has 0 aromatic heterocycles. The Labute approximate surface area is 115 Å². The van der Waals surface area contributed by atoms with Gasteiger partial charge in [0.15, 0.2) is 0 Å². The minimum atomic E-state index is -0.689. The van der Waals surface area contributed by atoms with Crippen molar-refractivity contribution in [2.45, 2.75) is 57.9 Å². The van der Waals surface area contributed by atoms with Gasteiger partial charge in [-0.3, -0.25) is 4.79 Å². The standard InChI is InChI=1S/C13H26N4O2/c1-4-5-6-7-8-9-13(2,12(18)19-3)15-10-11-16-17-14/h15H,4-11H2,1-3H3. The maximum atomic E-state index is 11.8. The van der Waals surface area contributed by atoms with Gasteiger partial charge in [-0.15, -0.1) is 0 Å². The van der Waals surface area contributed by atoms with Crippen molar-refractivity contribution in [3.63, 3.8) is 0 Å². The normalized spacial score (nSPS) is 13.4. The van der Waals surface area contributed by atoms with Crippen LogP contribution in [0.25, 0.3) is 10.4 Å². The molecule has 0 saturated heterocycles. The third-order valence-corrected chi connectivity index (χ3v) is 3.21. The molecule has 0 rings (SSSR count). The fraction of sp³-hybridized carbons (Fsp3) is 0.923. The summed E-state index contributed by atoms with van der Waals surface area (Å²) in [6.45, 7) is 4.83. The summed E-state index contributed by atoms with van der Waals surface area (Å²) in [6.07, 6.45) is 6.49. The van der Waals surface area contributed by atoms with E-state index in [1.165, 1.54) is 26.4 Å². The van der Waals surface area contributed by atoms with Gasteiger partial charge in [-0.25, -0.2) is 0 Å². The lowest BCUT2D eigenvalue weighted by atomic mass is 9.94. The minimum absolute atomic E-state index is 0.260. The van der Waals surface area contributed by atoms with Crippen LogP contribution in [0.4, 0.5) is 0 Å². The number of hydrogen-bond acceptors (Lipinski definition) is 4. The Morgan fingerprint density at radius 1 is 1.37 bits per heavy atom. The number of unbranched alkanes of at least 4 members (excludes halogenated alkanes) is 4. The van der Waals surface area contributed by atoms with Gasteiger partial charge in [0, 0.05) is 18.0 Å². The highest BCUT2D eigenvalue weighted by atomic mass is 16.5. The molecule has 0 aliphatic carbocycles. The molecule has 6 heteroatoms. The van der Waals surface area contributed by atoms with Crippen molar-refractivity contribution < 1.29 is 9.53 Å². The molecule has 0 radical (unpaired) electrons. The minimum Gasteiger partial charge on any atom is -0.468 e. The number of nitrogens with zero attached hydrogens (tertiary/aromatic N) is 3. The van der Waals surface area contributed by atoms with Gasteiger partial charge in [-0.2, -0.15) is 0 Å². The third-order valence-electron chi connectivity index (χ3n) is 3.21. The van der Waals surface area contributed by atoms with Crippen LogP contribution in [0.2, 0.25) is 0 Å². The highest BCUT2D eigenvalue weighted by molar-refractivity contribution is 5.80. The summed E-state index contributed by atoms with van der Waals surface area (Å²) in [4.78, 5) is 14.5. The van der Waals surface area contributed by atoms with Crippen LogP contribution in [0.1, 0.15) is 52.4 Å². The van der Waals surface area contributed by atoms with Crippen LogP contribution >= 0.6 is 0 Å². The lowest BCUT2D eigenvalue weighted by Crippen LogP contribution is -2.51. The highest BCUT2D eigenvalue weighted by Gasteiger charge is 2.32. The zero-order valence-electron chi connectivity index (χ0n) is 12.3. The summed E-state index contributed by atoms with van der Waals surface area (Å²) in [6, 6.07) is 0. The van der Waals surface area contributed by atoms with Crippen LogP contribution < -0.4 is 5.32 Å². The fourth-order valence-electron chi connectivity index (χ4n) is 2.00. The van der Waals surface area contributed by atoms with Crippen molar-refractivity contribution in [3.05, 3.63) is 10.4 Å². The van der Waals surface area contributed by atoms with E-state index in [2.05, 4.69) is 22.3 Å². The second-order valence-corrected chi connectivity index (χ2v) is 4.87. The number of azide groups is 1. The Kier molecular flexibility index (Phi) is 9.94. The van der Waals surface area contributed by atoms with E-state index in [4.69, 9.17) is 10.3 Å². The molecule has 110 valence electrons. The number of ether oxygens (including phenoxy) is 1. The molecule has 0 aromatic rings. The predicted octanol–water partition coefficient (Wildman–Crippen LogP) is 3.18. The van der Waals surface area contributed by atoms with E-state index < -0.39 is 5.54 Å². The largest absolute Gasteiger partial charge is 0.468 e. The Hall–Kier alpha value is -1.26. The number of rotatable bonds is 11. The number of nitrogens with one attached hydrogen (secondary N) is 1. The first kappa shape index (κ1) is 17.7. The van der Waals surface area contributed by atoms with E-state index in [9.17, 15) is 4.79 Å². The van der Waals surface area contributed by atoms with E-state index in [0.717, 1.165) is 19.3 Å². The van der Waals surface area contributed by atoms with Gasteiger partial charge in [-0.05, 0) is 18.9 Å². The number of carbonyl (C=O) groups is 1. The van der Waals surface area contributed by atoms with Crippen molar-refractivity contribution in [3.8, 4) is 0 Å². The number of methoxy groups -OCH3 is 1. The molecule has 1 N–H and O–H groups in total. The molecule has 1 atom stereocenters. The van der Waals surface area contributed by atoms with Gasteiger partial charge in [-0.1, -0.05) is 44.1 Å². The maximum Gasteiger partial charge on any atom is 0.325 e. The van der Waals surface area contributed by atoms with Crippen LogP contribution in [-0.2, 0) is 9.53 Å². The summed E-state index contributed by atoms with van der Waals surface area (Å²) in [5, 5.41) is 6.58. The van der Waals surface area contributed by atoms with E-state index in [0.29, 0.717) is 13.1 Å². The van der Waals surface area contributed by atoms with Gasteiger partial charge in [0.05, 0.1) is 7.11 Å². The Bertz CT molecular complexity index is 303. The first-order valence-corrected chi connectivity index (χ1v) is 6.95. The molecule has 19 heavy (non-hydrogen) atoms. The van der Waals surface area contributed by atoms with Crippen LogP contribution in [-0.4, -0.2) is 31.7 Å². The molecule has 0 aliphatic heterocycles. The van der Waals surface area contributed by atoms with Crippen molar-refractivity contribution >= 4 is 5.97 Å². The zero-order valence-corrected chi connectivity index (χ0v) is 12.3. The molecule has 0 amide bonds. The summed E-state index contributed by atoms with van der Waals surface area (Å²) < 4.78 is 4.85. The van der Waals surface area contributed by atoms with E-state index in [1.54, 1.807) is 0 Å². The summed E-state index contributed by atoms with van der Waals surface area (Å²) in [7, 11) is 1.40. The van der Waals surface area contributed by atoms with E-state index >= 15 is 0 Å². The third kappa shape index (κ3) is 7.70. The zero-order chi connectivity index (χ0) is 14.6. The van der Waals surface area contributed by atoms with Gasteiger partial charge < -0.3 is 10.1 Å². The van der Waals surface area contributed by atoms with Gasteiger partial charge in [0.1, 0.15) is 5.54 Å². The molecule has 1 unspecified atom stereocenters. The average molecular weight is 270 g/mol. The molecule has 6 nitrogen and oxygen atoms in total.